The molecule has 0 radical (unpaired) electrons. The van der Waals surface area contributed by atoms with Crippen LogP contribution in [0, 0.1) is 0 Å². The Morgan fingerprint density at radius 1 is 0.957 bits per heavy atom. The van der Waals surface area contributed by atoms with Crippen LogP contribution in [0.4, 0.5) is 0 Å². The minimum Gasteiger partial charge on any atom is -0.235 e. The number of hydrogen-bond donors (Lipinski definition) is 0. The van der Waals surface area contributed by atoms with Crippen LogP contribution in [0.1, 0.15) is 0 Å². The maximum Gasteiger partial charge on any atom is 0.235 e. The molecular weight excluding hydrogens is 330 g/mol. The molecule has 3 heterocycles. The Hall–Kier alpha value is -2.57. The zero-order valence-electron chi connectivity index (χ0n) is 11.6. The van der Waals surface area contributed by atoms with E-state index in [-0.39, 0.29) is 0 Å². The summed E-state index contributed by atoms with van der Waals surface area (Å²) in [5, 5.41) is 15.8. The lowest BCUT2D eigenvalue weighted by Gasteiger charge is -2.01. The highest BCUT2D eigenvalue weighted by Gasteiger charge is 2.19. The quantitative estimate of drug-likeness (QED) is 0.461. The predicted octanol–water partition coefficient (Wildman–Crippen LogP) is 4.16. The molecule has 1 aromatic heterocycles. The van der Waals surface area contributed by atoms with E-state index in [4.69, 9.17) is 16.7 Å². The lowest BCUT2D eigenvalue weighted by atomic mass is 10.2. The molecule has 0 aliphatic carbocycles. The van der Waals surface area contributed by atoms with Crippen LogP contribution in [0.3, 0.4) is 0 Å². The summed E-state index contributed by atoms with van der Waals surface area (Å²) in [6, 6.07) is 15.5. The average molecular weight is 338 g/mol. The van der Waals surface area contributed by atoms with Crippen LogP contribution in [0.15, 0.2) is 48.5 Å². The SMILES string of the molecule is Clc1ccc(-c2nnc3sc4nc5ccccc5c-4nn23)cc1. The van der Waals surface area contributed by atoms with E-state index in [1.165, 1.54) is 11.3 Å². The third-order valence-corrected chi connectivity index (χ3v) is 4.85. The van der Waals surface area contributed by atoms with Crippen molar-refractivity contribution in [1.82, 2.24) is 24.8 Å². The maximum atomic E-state index is 5.96. The lowest BCUT2D eigenvalue weighted by molar-refractivity contribution is 0.956. The van der Waals surface area contributed by atoms with E-state index in [9.17, 15) is 0 Å². The van der Waals surface area contributed by atoms with Gasteiger partial charge in [-0.05, 0) is 30.3 Å². The van der Waals surface area contributed by atoms with Crippen molar-refractivity contribution in [3.8, 4) is 22.1 Å². The second-order valence-electron chi connectivity index (χ2n) is 5.11. The van der Waals surface area contributed by atoms with Gasteiger partial charge in [-0.2, -0.15) is 9.61 Å². The van der Waals surface area contributed by atoms with E-state index in [0.717, 1.165) is 27.2 Å². The highest BCUT2D eigenvalue weighted by Crippen LogP contribution is 2.34. The summed E-state index contributed by atoms with van der Waals surface area (Å²) in [6.45, 7) is 0. The smallest absolute Gasteiger partial charge is 0.235 e. The van der Waals surface area contributed by atoms with Crippen LogP contribution in [0.25, 0.3) is 38.0 Å². The standard InChI is InChI=1S/C16H8ClN5S/c17-10-7-5-9(6-8-10)14-19-20-16-22(14)21-13-11-3-1-2-4-12(11)18-15(13)23-16/h1-8H. The Balaban J connectivity index is 1.83. The minimum atomic E-state index is 0.687. The molecule has 2 aliphatic rings. The highest BCUT2D eigenvalue weighted by atomic mass is 35.5. The van der Waals surface area contributed by atoms with Crippen molar-refractivity contribution in [3.05, 3.63) is 53.6 Å². The molecule has 0 bridgehead atoms. The summed E-state index contributed by atoms with van der Waals surface area (Å²) in [7, 11) is 0. The minimum absolute atomic E-state index is 0.687. The first-order valence-electron chi connectivity index (χ1n) is 6.96. The maximum absolute atomic E-state index is 5.96. The van der Waals surface area contributed by atoms with Gasteiger partial charge >= 0.3 is 0 Å². The summed E-state index contributed by atoms with van der Waals surface area (Å²) >= 11 is 7.44. The third kappa shape index (κ3) is 1.92. The number of fused-ring (bicyclic) bond motifs is 4. The zero-order chi connectivity index (χ0) is 15.4. The first-order chi connectivity index (χ1) is 11.3. The van der Waals surface area contributed by atoms with Crippen LogP contribution in [0.5, 0.6) is 0 Å². The second kappa shape index (κ2) is 4.71. The molecule has 23 heavy (non-hydrogen) atoms. The van der Waals surface area contributed by atoms with Crippen LogP contribution in [-0.4, -0.2) is 24.8 Å². The monoisotopic (exact) mass is 337 g/mol. The molecule has 0 atom stereocenters. The van der Waals surface area contributed by atoms with Crippen molar-refractivity contribution in [3.63, 3.8) is 0 Å². The normalized spacial score (nSPS) is 11.7. The van der Waals surface area contributed by atoms with Crippen molar-refractivity contribution < 1.29 is 0 Å². The van der Waals surface area contributed by atoms with E-state index >= 15 is 0 Å². The third-order valence-electron chi connectivity index (χ3n) is 3.69. The molecular formula is C16H8ClN5S. The first-order valence-corrected chi connectivity index (χ1v) is 8.16. The van der Waals surface area contributed by atoms with Gasteiger partial charge in [0.2, 0.25) is 4.96 Å². The molecule has 0 saturated heterocycles. The van der Waals surface area contributed by atoms with Gasteiger partial charge in [0.25, 0.3) is 0 Å². The van der Waals surface area contributed by atoms with Gasteiger partial charge in [0.15, 0.2) is 5.82 Å². The Morgan fingerprint density at radius 2 is 1.78 bits per heavy atom. The molecule has 7 heteroatoms. The molecule has 0 saturated carbocycles. The number of aromatic nitrogens is 5. The van der Waals surface area contributed by atoms with Gasteiger partial charge in [-0.1, -0.05) is 41.1 Å². The van der Waals surface area contributed by atoms with E-state index in [0.29, 0.717) is 15.8 Å². The van der Waals surface area contributed by atoms with Crippen molar-refractivity contribution >= 4 is 38.8 Å². The number of rotatable bonds is 1. The van der Waals surface area contributed by atoms with Crippen LogP contribution >= 0.6 is 22.9 Å². The van der Waals surface area contributed by atoms with Gasteiger partial charge in [0.1, 0.15) is 10.7 Å². The second-order valence-corrected chi connectivity index (χ2v) is 6.50. The fourth-order valence-corrected chi connectivity index (χ4v) is 3.59. The number of hydrogen-bond acceptors (Lipinski definition) is 5. The largest absolute Gasteiger partial charge is 0.235 e. The number of nitrogens with zero attached hydrogens (tertiary/aromatic N) is 5. The molecule has 5 rings (SSSR count). The average Bonchev–Trinajstić information content (AvgIpc) is 3.14. The van der Waals surface area contributed by atoms with Crippen LogP contribution in [0.2, 0.25) is 5.02 Å². The molecule has 3 aromatic rings. The molecule has 0 fully saturated rings. The topological polar surface area (TPSA) is 56.0 Å². The van der Waals surface area contributed by atoms with Gasteiger partial charge in [0, 0.05) is 16.0 Å². The summed E-state index contributed by atoms with van der Waals surface area (Å²) < 4.78 is 1.77. The van der Waals surface area contributed by atoms with E-state index in [2.05, 4.69) is 15.2 Å². The van der Waals surface area contributed by atoms with Gasteiger partial charge in [-0.15, -0.1) is 10.2 Å². The number of halogens is 1. The first kappa shape index (κ1) is 12.9. The Labute approximate surface area is 139 Å². The van der Waals surface area contributed by atoms with Crippen LogP contribution < -0.4 is 0 Å². The van der Waals surface area contributed by atoms with Crippen molar-refractivity contribution in [1.29, 1.82) is 0 Å². The summed E-state index contributed by atoms with van der Waals surface area (Å²) in [4.78, 5) is 5.33. The van der Waals surface area contributed by atoms with E-state index < -0.39 is 0 Å². The molecule has 0 unspecified atom stereocenters. The van der Waals surface area contributed by atoms with Crippen molar-refractivity contribution in [2.24, 2.45) is 0 Å². The van der Waals surface area contributed by atoms with Crippen molar-refractivity contribution in [2.75, 3.05) is 0 Å². The highest BCUT2D eigenvalue weighted by molar-refractivity contribution is 7.19. The summed E-state index contributed by atoms with van der Waals surface area (Å²) in [5.74, 6) is 0.695. The molecule has 2 aromatic carbocycles. The Bertz CT molecular complexity index is 1130. The molecule has 0 N–H and O–H groups in total. The summed E-state index contributed by atoms with van der Waals surface area (Å²) in [5.41, 5.74) is 2.73. The molecule has 0 spiro atoms. The Kier molecular flexibility index (Phi) is 2.65. The van der Waals surface area contributed by atoms with E-state index in [1.807, 2.05) is 48.5 Å². The molecule has 5 nitrogen and oxygen atoms in total. The van der Waals surface area contributed by atoms with E-state index in [1.54, 1.807) is 4.52 Å². The number of para-hydroxylation sites is 1. The zero-order valence-corrected chi connectivity index (χ0v) is 13.2. The molecule has 2 aliphatic heterocycles. The van der Waals surface area contributed by atoms with Gasteiger partial charge < -0.3 is 0 Å². The Morgan fingerprint density at radius 3 is 2.65 bits per heavy atom. The molecule has 0 amide bonds. The van der Waals surface area contributed by atoms with Crippen molar-refractivity contribution in [2.45, 2.75) is 0 Å². The predicted molar refractivity (Wildman–Crippen MR) is 91.0 cm³/mol. The summed E-state index contributed by atoms with van der Waals surface area (Å²) in [6.07, 6.45) is 0. The molecule has 110 valence electrons. The van der Waals surface area contributed by atoms with Gasteiger partial charge in [-0.3, -0.25) is 0 Å². The number of benzene rings is 2. The van der Waals surface area contributed by atoms with Gasteiger partial charge in [0.05, 0.1) is 5.52 Å². The lowest BCUT2D eigenvalue weighted by Crippen LogP contribution is -1.96. The fourth-order valence-electron chi connectivity index (χ4n) is 2.60. The fraction of sp³-hybridized carbons (Fsp3) is 0. The van der Waals surface area contributed by atoms with Crippen LogP contribution in [-0.2, 0) is 0 Å². The van der Waals surface area contributed by atoms with Gasteiger partial charge in [-0.25, -0.2) is 4.98 Å².